The predicted octanol–water partition coefficient (Wildman–Crippen LogP) is 3.27. The van der Waals surface area contributed by atoms with Gasteiger partial charge in [0.15, 0.2) is 0 Å². The number of nitrogens with one attached hydrogen (secondary N) is 2. The summed E-state index contributed by atoms with van der Waals surface area (Å²) in [5.74, 6) is 0.0320. The van der Waals surface area contributed by atoms with Crippen molar-refractivity contribution in [1.82, 2.24) is 20.5 Å². The second-order valence-electron chi connectivity index (χ2n) is 9.57. The van der Waals surface area contributed by atoms with Crippen LogP contribution in [0.25, 0.3) is 0 Å². The molecule has 2 bridgehead atoms. The molecule has 36 heavy (non-hydrogen) atoms. The fourth-order valence-corrected chi connectivity index (χ4v) is 4.06. The van der Waals surface area contributed by atoms with Crippen molar-refractivity contribution in [1.29, 1.82) is 0 Å². The summed E-state index contributed by atoms with van der Waals surface area (Å²) in [5, 5.41) is 5.78. The Bertz CT molecular complexity index is 1060. The highest BCUT2D eigenvalue weighted by atomic mass is 16.5. The van der Waals surface area contributed by atoms with Crippen molar-refractivity contribution in [3.8, 4) is 5.75 Å². The van der Waals surface area contributed by atoms with Crippen LogP contribution >= 0.6 is 0 Å². The van der Waals surface area contributed by atoms with E-state index in [-0.39, 0.29) is 42.9 Å². The molecule has 1 aliphatic heterocycles. The van der Waals surface area contributed by atoms with Crippen molar-refractivity contribution in [2.75, 3.05) is 31.1 Å². The normalized spacial score (nSPS) is 14.7. The number of benzene rings is 1. The van der Waals surface area contributed by atoms with Gasteiger partial charge in [0.25, 0.3) is 5.91 Å². The molecule has 3 rings (SSSR count). The molecule has 0 fully saturated rings. The molecule has 2 heterocycles. The lowest BCUT2D eigenvalue weighted by Crippen LogP contribution is -2.43. The maximum Gasteiger partial charge on any atom is 0.255 e. The summed E-state index contributed by atoms with van der Waals surface area (Å²) >= 11 is 0. The lowest BCUT2D eigenvalue weighted by Gasteiger charge is -2.28. The van der Waals surface area contributed by atoms with E-state index >= 15 is 0 Å². The van der Waals surface area contributed by atoms with Crippen LogP contribution in [0.1, 0.15) is 57.3 Å². The molecule has 9 heteroatoms. The average molecular weight is 496 g/mol. The van der Waals surface area contributed by atoms with Crippen LogP contribution in [0, 0.1) is 0 Å². The van der Waals surface area contributed by atoms with Crippen molar-refractivity contribution < 1.29 is 19.1 Å². The quantitative estimate of drug-likeness (QED) is 0.638. The Hall–Kier alpha value is -3.62. The van der Waals surface area contributed by atoms with Crippen LogP contribution in [-0.4, -0.2) is 65.9 Å². The van der Waals surface area contributed by atoms with Crippen molar-refractivity contribution >= 4 is 29.1 Å². The second kappa shape index (κ2) is 12.9. The van der Waals surface area contributed by atoms with Gasteiger partial charge in [-0.05, 0) is 65.2 Å². The first kappa shape index (κ1) is 27.0. The Balaban J connectivity index is 2.01. The third-order valence-electron chi connectivity index (χ3n) is 5.59. The zero-order valence-corrected chi connectivity index (χ0v) is 21.6. The van der Waals surface area contributed by atoms with Gasteiger partial charge in [-0.2, -0.15) is 0 Å². The summed E-state index contributed by atoms with van der Waals surface area (Å²) in [4.78, 5) is 46.5. The molecule has 1 aliphatic rings. The SMILES string of the molecule is CC(C)NC(=O)CN1CCCCCOc2ccccc2N(CC(=O)NC(C)C)c2cncc(c2)C1=O. The van der Waals surface area contributed by atoms with Gasteiger partial charge in [-0.1, -0.05) is 12.1 Å². The summed E-state index contributed by atoms with van der Waals surface area (Å²) in [6.45, 7) is 8.54. The van der Waals surface area contributed by atoms with E-state index in [1.54, 1.807) is 22.1 Å². The summed E-state index contributed by atoms with van der Waals surface area (Å²) in [5.41, 5.74) is 1.65. The first-order valence-corrected chi connectivity index (χ1v) is 12.6. The minimum atomic E-state index is -0.267. The zero-order valence-electron chi connectivity index (χ0n) is 21.6. The number of carbonyl (C=O) groups is 3. The number of fused-ring (bicyclic) bond motifs is 3. The van der Waals surface area contributed by atoms with Gasteiger partial charge >= 0.3 is 0 Å². The predicted molar refractivity (Wildman–Crippen MR) is 139 cm³/mol. The van der Waals surface area contributed by atoms with E-state index in [4.69, 9.17) is 4.74 Å². The Morgan fingerprint density at radius 2 is 1.67 bits per heavy atom. The molecule has 1 aromatic heterocycles. The van der Waals surface area contributed by atoms with Crippen LogP contribution < -0.4 is 20.3 Å². The topological polar surface area (TPSA) is 104 Å². The number of rotatable bonds is 6. The second-order valence-corrected chi connectivity index (χ2v) is 9.57. The molecular weight excluding hydrogens is 458 g/mol. The minimum Gasteiger partial charge on any atom is -0.491 e. The van der Waals surface area contributed by atoms with E-state index in [0.717, 1.165) is 19.3 Å². The molecule has 194 valence electrons. The van der Waals surface area contributed by atoms with Gasteiger partial charge in [0.05, 0.1) is 36.3 Å². The Kier molecular flexibility index (Phi) is 9.67. The van der Waals surface area contributed by atoms with Gasteiger partial charge in [0.2, 0.25) is 11.8 Å². The fraction of sp³-hybridized carbons (Fsp3) is 0.481. The number of pyridine rings is 1. The van der Waals surface area contributed by atoms with E-state index in [9.17, 15) is 14.4 Å². The number of para-hydroxylation sites is 2. The number of ether oxygens (including phenoxy) is 1. The van der Waals surface area contributed by atoms with E-state index in [1.165, 1.54) is 6.20 Å². The molecule has 9 nitrogen and oxygen atoms in total. The minimum absolute atomic E-state index is 0.0136. The number of anilines is 2. The van der Waals surface area contributed by atoms with Crippen molar-refractivity contribution in [3.05, 3.63) is 48.3 Å². The molecule has 1 aromatic carbocycles. The van der Waals surface area contributed by atoms with Gasteiger partial charge in [-0.25, -0.2) is 0 Å². The maximum absolute atomic E-state index is 13.5. The monoisotopic (exact) mass is 495 g/mol. The maximum atomic E-state index is 13.5. The number of carbonyl (C=O) groups excluding carboxylic acids is 3. The summed E-state index contributed by atoms with van der Waals surface area (Å²) in [6, 6.07) is 9.24. The van der Waals surface area contributed by atoms with Gasteiger partial charge in [-0.15, -0.1) is 0 Å². The lowest BCUT2D eigenvalue weighted by atomic mass is 10.1. The molecule has 2 N–H and O–H groups in total. The molecule has 0 spiro atoms. The average Bonchev–Trinajstić information content (AvgIpc) is 2.82. The van der Waals surface area contributed by atoms with Crippen molar-refractivity contribution in [2.24, 2.45) is 0 Å². The molecule has 2 aromatic rings. The van der Waals surface area contributed by atoms with E-state index in [2.05, 4.69) is 15.6 Å². The van der Waals surface area contributed by atoms with Crippen LogP contribution in [0.5, 0.6) is 5.75 Å². The largest absolute Gasteiger partial charge is 0.491 e. The molecule has 0 unspecified atom stereocenters. The molecule has 0 saturated heterocycles. The number of nitrogens with zero attached hydrogens (tertiary/aromatic N) is 3. The first-order chi connectivity index (χ1) is 17.2. The van der Waals surface area contributed by atoms with Crippen LogP contribution in [0.4, 0.5) is 11.4 Å². The van der Waals surface area contributed by atoms with Gasteiger partial charge in [-0.3, -0.25) is 19.4 Å². The Labute approximate surface area is 213 Å². The zero-order chi connectivity index (χ0) is 26.1. The highest BCUT2D eigenvalue weighted by molar-refractivity contribution is 5.97. The van der Waals surface area contributed by atoms with Crippen molar-refractivity contribution in [2.45, 2.75) is 59.0 Å². The molecule has 0 atom stereocenters. The fourth-order valence-electron chi connectivity index (χ4n) is 4.06. The summed E-state index contributed by atoms with van der Waals surface area (Å²) in [6.07, 6.45) is 5.52. The third-order valence-corrected chi connectivity index (χ3v) is 5.59. The summed E-state index contributed by atoms with van der Waals surface area (Å²) in [7, 11) is 0. The Morgan fingerprint density at radius 3 is 2.39 bits per heavy atom. The third kappa shape index (κ3) is 7.69. The number of aromatic nitrogens is 1. The molecule has 0 aliphatic carbocycles. The van der Waals surface area contributed by atoms with Crippen LogP contribution in [0.2, 0.25) is 0 Å². The van der Waals surface area contributed by atoms with Gasteiger partial charge in [0, 0.05) is 24.8 Å². The molecule has 3 amide bonds. The van der Waals surface area contributed by atoms with Crippen LogP contribution in [-0.2, 0) is 9.59 Å². The highest BCUT2D eigenvalue weighted by Crippen LogP contribution is 2.34. The van der Waals surface area contributed by atoms with Crippen LogP contribution in [0.3, 0.4) is 0 Å². The van der Waals surface area contributed by atoms with Crippen molar-refractivity contribution in [3.63, 3.8) is 0 Å². The van der Waals surface area contributed by atoms with Gasteiger partial charge < -0.3 is 25.2 Å². The van der Waals surface area contributed by atoms with E-state index in [1.807, 2.05) is 52.0 Å². The van der Waals surface area contributed by atoms with Crippen LogP contribution in [0.15, 0.2) is 42.7 Å². The number of amides is 3. The van der Waals surface area contributed by atoms with E-state index < -0.39 is 0 Å². The number of hydrogen-bond donors (Lipinski definition) is 2. The van der Waals surface area contributed by atoms with Gasteiger partial charge in [0.1, 0.15) is 12.3 Å². The lowest BCUT2D eigenvalue weighted by molar-refractivity contribution is -0.122. The Morgan fingerprint density at radius 1 is 0.972 bits per heavy atom. The molecular formula is C27H37N5O4. The van der Waals surface area contributed by atoms with E-state index in [0.29, 0.717) is 35.8 Å². The smallest absolute Gasteiger partial charge is 0.255 e. The standard InChI is InChI=1S/C27H37N5O4/c1-19(2)29-25(33)17-31-12-8-5-9-13-36-24-11-7-6-10-23(24)32(18-26(34)30-20(3)4)22-14-21(27(31)35)15-28-16-22/h6-7,10-11,14-16,19-20H,5,8-9,12-13,17-18H2,1-4H3,(H,29,33)(H,30,34). The molecule has 0 radical (unpaired) electrons. The molecule has 0 saturated carbocycles. The number of hydrogen-bond acceptors (Lipinski definition) is 6. The highest BCUT2D eigenvalue weighted by Gasteiger charge is 2.23. The summed E-state index contributed by atoms with van der Waals surface area (Å²) < 4.78 is 6.11. The first-order valence-electron chi connectivity index (χ1n) is 12.6.